The van der Waals surface area contributed by atoms with Crippen LogP contribution in [0, 0.1) is 5.92 Å². The van der Waals surface area contributed by atoms with Crippen molar-refractivity contribution in [3.05, 3.63) is 33.8 Å². The van der Waals surface area contributed by atoms with E-state index in [2.05, 4.69) is 0 Å². The van der Waals surface area contributed by atoms with Gasteiger partial charge in [-0.1, -0.05) is 55.0 Å². The maximum absolute atomic E-state index is 10.5. The van der Waals surface area contributed by atoms with Crippen molar-refractivity contribution in [2.75, 3.05) is 6.54 Å². The molecule has 1 aliphatic carbocycles. The Morgan fingerprint density at radius 3 is 2.32 bits per heavy atom. The molecule has 0 aromatic heterocycles. The van der Waals surface area contributed by atoms with Crippen LogP contribution in [0.4, 0.5) is 0 Å². The van der Waals surface area contributed by atoms with E-state index in [0.717, 1.165) is 12.0 Å². The molecule has 0 bridgehead atoms. The van der Waals surface area contributed by atoms with Gasteiger partial charge in [-0.15, -0.1) is 0 Å². The maximum atomic E-state index is 10.5. The third kappa shape index (κ3) is 3.63. The molecule has 0 saturated heterocycles. The van der Waals surface area contributed by atoms with Gasteiger partial charge in [0.05, 0.1) is 6.10 Å². The van der Waals surface area contributed by atoms with Crippen molar-refractivity contribution in [2.45, 2.75) is 44.1 Å². The maximum Gasteiger partial charge on any atom is 0.0624 e. The Hall–Kier alpha value is -0.280. The summed E-state index contributed by atoms with van der Waals surface area (Å²) >= 11 is 12.4. The summed E-state index contributed by atoms with van der Waals surface area (Å²) in [7, 11) is 0. The highest BCUT2D eigenvalue weighted by Gasteiger charge is 2.27. The first-order valence-corrected chi connectivity index (χ1v) is 7.71. The molecule has 0 amide bonds. The highest BCUT2D eigenvalue weighted by atomic mass is 35.5. The van der Waals surface area contributed by atoms with Gasteiger partial charge >= 0.3 is 0 Å². The highest BCUT2D eigenvalue weighted by Crippen LogP contribution is 2.37. The second-order valence-electron chi connectivity index (χ2n) is 5.43. The summed E-state index contributed by atoms with van der Waals surface area (Å²) in [6.07, 6.45) is 5.30. The van der Waals surface area contributed by atoms with E-state index in [1.165, 1.54) is 25.7 Å². The van der Waals surface area contributed by atoms with Crippen molar-refractivity contribution in [2.24, 2.45) is 11.7 Å². The van der Waals surface area contributed by atoms with E-state index >= 15 is 0 Å². The first-order chi connectivity index (χ1) is 9.13. The van der Waals surface area contributed by atoms with Crippen LogP contribution in [0.1, 0.15) is 43.6 Å². The Balaban J connectivity index is 2.14. The lowest BCUT2D eigenvalue weighted by Gasteiger charge is -2.26. The van der Waals surface area contributed by atoms with Gasteiger partial charge in [0.2, 0.25) is 0 Å². The average Bonchev–Trinajstić information content (AvgIpc) is 2.86. The number of nitrogens with two attached hydrogens (primary N) is 1. The number of benzene rings is 1. The minimum absolute atomic E-state index is 0.179. The Kier molecular flexibility index (Phi) is 5.52. The molecule has 1 saturated carbocycles. The van der Waals surface area contributed by atoms with Crippen molar-refractivity contribution in [1.82, 2.24) is 0 Å². The van der Waals surface area contributed by atoms with E-state index in [-0.39, 0.29) is 5.92 Å². The Morgan fingerprint density at radius 2 is 1.79 bits per heavy atom. The predicted octanol–water partition coefficient (Wildman–Crippen LogP) is 3.98. The molecule has 2 rings (SSSR count). The molecule has 0 heterocycles. The molecule has 19 heavy (non-hydrogen) atoms. The zero-order valence-electron chi connectivity index (χ0n) is 11.0. The fourth-order valence-electron chi connectivity index (χ4n) is 3.08. The van der Waals surface area contributed by atoms with Crippen LogP contribution in [0.3, 0.4) is 0 Å². The summed E-state index contributed by atoms with van der Waals surface area (Å²) in [4.78, 5) is 0. The van der Waals surface area contributed by atoms with Gasteiger partial charge in [-0.2, -0.15) is 0 Å². The first-order valence-electron chi connectivity index (χ1n) is 6.95. The minimum Gasteiger partial charge on any atom is -0.392 e. The van der Waals surface area contributed by atoms with Crippen molar-refractivity contribution in [3.8, 4) is 0 Å². The molecule has 0 spiro atoms. The van der Waals surface area contributed by atoms with E-state index in [4.69, 9.17) is 28.9 Å². The third-order valence-electron chi connectivity index (χ3n) is 4.14. The average molecular weight is 302 g/mol. The number of rotatable bonds is 5. The van der Waals surface area contributed by atoms with Gasteiger partial charge in [0.1, 0.15) is 0 Å². The van der Waals surface area contributed by atoms with Crippen LogP contribution in [-0.2, 0) is 0 Å². The van der Waals surface area contributed by atoms with Crippen LogP contribution in [0.2, 0.25) is 10.0 Å². The zero-order chi connectivity index (χ0) is 13.8. The second kappa shape index (κ2) is 6.94. The zero-order valence-corrected chi connectivity index (χ0v) is 12.5. The molecule has 3 N–H and O–H groups in total. The molecule has 1 fully saturated rings. The number of halogens is 2. The van der Waals surface area contributed by atoms with Crippen molar-refractivity contribution in [3.63, 3.8) is 0 Å². The number of hydrogen-bond acceptors (Lipinski definition) is 2. The monoisotopic (exact) mass is 301 g/mol. The lowest BCUT2D eigenvalue weighted by atomic mass is 9.87. The SMILES string of the molecule is NCC(c1c(Cl)cccc1Cl)C(O)CC1CCCC1. The third-order valence-corrected chi connectivity index (χ3v) is 4.80. The van der Waals surface area contributed by atoms with Crippen LogP contribution < -0.4 is 5.73 Å². The predicted molar refractivity (Wildman–Crippen MR) is 80.8 cm³/mol. The molecule has 2 unspecified atom stereocenters. The molecule has 0 radical (unpaired) electrons. The molecule has 0 aliphatic heterocycles. The quantitative estimate of drug-likeness (QED) is 0.864. The van der Waals surface area contributed by atoms with E-state index in [1.807, 2.05) is 6.07 Å². The Morgan fingerprint density at radius 1 is 1.21 bits per heavy atom. The van der Waals surface area contributed by atoms with Gasteiger partial charge in [0, 0.05) is 22.5 Å². The summed E-state index contributed by atoms with van der Waals surface area (Å²) in [6.45, 7) is 0.358. The van der Waals surface area contributed by atoms with Crippen molar-refractivity contribution >= 4 is 23.2 Å². The van der Waals surface area contributed by atoms with E-state index in [1.54, 1.807) is 12.1 Å². The molecule has 2 nitrogen and oxygen atoms in total. The van der Waals surface area contributed by atoms with Gasteiger partial charge in [0.15, 0.2) is 0 Å². The number of aliphatic hydroxyl groups excluding tert-OH is 1. The van der Waals surface area contributed by atoms with Crippen LogP contribution >= 0.6 is 23.2 Å². The van der Waals surface area contributed by atoms with Crippen molar-refractivity contribution < 1.29 is 5.11 Å². The molecule has 1 aromatic rings. The van der Waals surface area contributed by atoms with Gasteiger partial charge in [-0.05, 0) is 30.0 Å². The number of aliphatic hydroxyl groups is 1. The van der Waals surface area contributed by atoms with Crippen LogP contribution in [0.25, 0.3) is 0 Å². The summed E-state index contributed by atoms with van der Waals surface area (Å²) in [6, 6.07) is 5.41. The van der Waals surface area contributed by atoms with E-state index in [9.17, 15) is 5.11 Å². The largest absolute Gasteiger partial charge is 0.392 e. The fourth-order valence-corrected chi connectivity index (χ4v) is 3.76. The summed E-state index contributed by atoms with van der Waals surface area (Å²) < 4.78 is 0. The lowest BCUT2D eigenvalue weighted by molar-refractivity contribution is 0.116. The number of hydrogen-bond donors (Lipinski definition) is 2. The van der Waals surface area contributed by atoms with E-state index < -0.39 is 6.10 Å². The van der Waals surface area contributed by atoms with Crippen LogP contribution in [0.5, 0.6) is 0 Å². The second-order valence-corrected chi connectivity index (χ2v) is 6.25. The molecule has 1 aromatic carbocycles. The Bertz CT molecular complexity index is 398. The summed E-state index contributed by atoms with van der Waals surface area (Å²) in [5.41, 5.74) is 6.63. The highest BCUT2D eigenvalue weighted by molar-refractivity contribution is 6.36. The summed E-state index contributed by atoms with van der Waals surface area (Å²) in [5.74, 6) is 0.437. The normalized spacial score (nSPS) is 19.6. The fraction of sp³-hybridized carbons (Fsp3) is 0.600. The molecular weight excluding hydrogens is 281 g/mol. The van der Waals surface area contributed by atoms with Crippen molar-refractivity contribution in [1.29, 1.82) is 0 Å². The lowest BCUT2D eigenvalue weighted by Crippen LogP contribution is -2.28. The molecule has 1 aliphatic rings. The Labute approximate surface area is 124 Å². The first kappa shape index (κ1) is 15.1. The van der Waals surface area contributed by atoms with Gasteiger partial charge in [0.25, 0.3) is 0 Å². The molecule has 2 atom stereocenters. The standard InChI is InChI=1S/C15H21Cl2NO/c16-12-6-3-7-13(17)15(12)11(9-18)14(19)8-10-4-1-2-5-10/h3,6-7,10-11,14,19H,1-2,4-5,8-9,18H2. The molecule has 4 heteroatoms. The van der Waals surface area contributed by atoms with Crippen LogP contribution in [0.15, 0.2) is 18.2 Å². The minimum atomic E-state index is -0.467. The topological polar surface area (TPSA) is 46.2 Å². The van der Waals surface area contributed by atoms with Gasteiger partial charge in [-0.25, -0.2) is 0 Å². The molecule has 106 valence electrons. The summed E-state index contributed by atoms with van der Waals surface area (Å²) in [5, 5.41) is 11.7. The van der Waals surface area contributed by atoms with E-state index in [0.29, 0.717) is 22.5 Å². The smallest absolute Gasteiger partial charge is 0.0624 e. The van der Waals surface area contributed by atoms with Gasteiger partial charge < -0.3 is 10.8 Å². The molecular formula is C15H21Cl2NO. The van der Waals surface area contributed by atoms with Gasteiger partial charge in [-0.3, -0.25) is 0 Å². The van der Waals surface area contributed by atoms with Crippen LogP contribution in [-0.4, -0.2) is 17.8 Å².